The Balaban J connectivity index is 1.78. The van der Waals surface area contributed by atoms with Crippen LogP contribution in [0.4, 0.5) is 0 Å². The number of rotatable bonds is 5. The van der Waals surface area contributed by atoms with Gasteiger partial charge in [-0.05, 0) is 50.1 Å². The first-order chi connectivity index (χ1) is 8.33. The lowest BCUT2D eigenvalue weighted by atomic mass is 9.75. The van der Waals surface area contributed by atoms with Gasteiger partial charge in [0.15, 0.2) is 0 Å². The van der Waals surface area contributed by atoms with Crippen molar-refractivity contribution >= 4 is 0 Å². The Bertz CT molecular complexity index is 215. The molecule has 1 heterocycles. The smallest absolute Gasteiger partial charge is 0.00218 e. The standard InChI is InChI=1S/C15H30N2/c1-2-5-13(10-16)11-17-9-8-14-6-3-4-7-15(14)12-17/h13-15H,2-12,16H2,1H3. The molecule has 0 radical (unpaired) electrons. The van der Waals surface area contributed by atoms with E-state index in [9.17, 15) is 0 Å². The first kappa shape index (κ1) is 13.4. The molecule has 100 valence electrons. The van der Waals surface area contributed by atoms with E-state index in [1.54, 1.807) is 0 Å². The van der Waals surface area contributed by atoms with Gasteiger partial charge in [-0.25, -0.2) is 0 Å². The molecular weight excluding hydrogens is 208 g/mol. The molecule has 1 saturated heterocycles. The molecule has 2 N–H and O–H groups in total. The zero-order chi connectivity index (χ0) is 12.1. The third-order valence-corrected chi connectivity index (χ3v) is 4.92. The van der Waals surface area contributed by atoms with Crippen molar-refractivity contribution < 1.29 is 0 Å². The van der Waals surface area contributed by atoms with E-state index in [-0.39, 0.29) is 0 Å². The highest BCUT2D eigenvalue weighted by Crippen LogP contribution is 2.36. The summed E-state index contributed by atoms with van der Waals surface area (Å²) in [5, 5.41) is 0. The summed E-state index contributed by atoms with van der Waals surface area (Å²) in [6.07, 6.45) is 10.00. The van der Waals surface area contributed by atoms with Crippen molar-refractivity contribution in [2.75, 3.05) is 26.2 Å². The van der Waals surface area contributed by atoms with Crippen LogP contribution >= 0.6 is 0 Å². The van der Waals surface area contributed by atoms with Crippen LogP contribution in [0.1, 0.15) is 51.9 Å². The first-order valence-corrected chi connectivity index (χ1v) is 7.76. The fourth-order valence-corrected chi connectivity index (χ4v) is 3.90. The number of hydrogen-bond donors (Lipinski definition) is 1. The van der Waals surface area contributed by atoms with Gasteiger partial charge in [-0.3, -0.25) is 0 Å². The Morgan fingerprint density at radius 1 is 1.18 bits per heavy atom. The van der Waals surface area contributed by atoms with Crippen LogP contribution in [0.3, 0.4) is 0 Å². The average molecular weight is 238 g/mol. The molecule has 0 bridgehead atoms. The molecule has 0 aromatic carbocycles. The molecular formula is C15H30N2. The summed E-state index contributed by atoms with van der Waals surface area (Å²) >= 11 is 0. The van der Waals surface area contributed by atoms with Crippen molar-refractivity contribution in [3.05, 3.63) is 0 Å². The van der Waals surface area contributed by atoms with Gasteiger partial charge in [-0.15, -0.1) is 0 Å². The van der Waals surface area contributed by atoms with Crippen molar-refractivity contribution in [1.82, 2.24) is 4.90 Å². The summed E-state index contributed by atoms with van der Waals surface area (Å²) in [7, 11) is 0. The zero-order valence-corrected chi connectivity index (χ0v) is 11.5. The summed E-state index contributed by atoms with van der Waals surface area (Å²) in [6.45, 7) is 7.11. The van der Waals surface area contributed by atoms with Gasteiger partial charge in [0.05, 0.1) is 0 Å². The van der Waals surface area contributed by atoms with E-state index in [1.807, 2.05) is 0 Å². The number of hydrogen-bond acceptors (Lipinski definition) is 2. The van der Waals surface area contributed by atoms with E-state index in [1.165, 1.54) is 64.6 Å². The maximum absolute atomic E-state index is 5.88. The highest BCUT2D eigenvalue weighted by atomic mass is 15.1. The minimum Gasteiger partial charge on any atom is -0.330 e. The second-order valence-electron chi connectivity index (χ2n) is 6.24. The molecule has 17 heavy (non-hydrogen) atoms. The Kier molecular flexibility index (Phi) is 5.30. The van der Waals surface area contributed by atoms with Crippen LogP contribution in [0.25, 0.3) is 0 Å². The van der Waals surface area contributed by atoms with Crippen molar-refractivity contribution in [2.24, 2.45) is 23.5 Å². The third-order valence-electron chi connectivity index (χ3n) is 4.92. The number of nitrogens with zero attached hydrogens (tertiary/aromatic N) is 1. The van der Waals surface area contributed by atoms with Crippen LogP contribution in [0, 0.1) is 17.8 Å². The Labute approximate surface area is 107 Å². The normalized spacial score (nSPS) is 32.1. The number of nitrogens with two attached hydrogens (primary N) is 1. The van der Waals surface area contributed by atoms with Gasteiger partial charge in [-0.1, -0.05) is 32.6 Å². The topological polar surface area (TPSA) is 29.3 Å². The minimum absolute atomic E-state index is 0.736. The van der Waals surface area contributed by atoms with Crippen LogP contribution in [0.2, 0.25) is 0 Å². The largest absolute Gasteiger partial charge is 0.330 e. The fourth-order valence-electron chi connectivity index (χ4n) is 3.90. The van der Waals surface area contributed by atoms with Crippen LogP contribution < -0.4 is 5.73 Å². The highest BCUT2D eigenvalue weighted by molar-refractivity contribution is 4.84. The molecule has 2 aliphatic rings. The van der Waals surface area contributed by atoms with Crippen molar-refractivity contribution in [3.63, 3.8) is 0 Å². The van der Waals surface area contributed by atoms with E-state index in [4.69, 9.17) is 5.73 Å². The van der Waals surface area contributed by atoms with E-state index in [0.29, 0.717) is 0 Å². The Morgan fingerprint density at radius 2 is 1.94 bits per heavy atom. The highest BCUT2D eigenvalue weighted by Gasteiger charge is 2.31. The quantitative estimate of drug-likeness (QED) is 0.798. The van der Waals surface area contributed by atoms with E-state index < -0.39 is 0 Å². The maximum atomic E-state index is 5.88. The lowest BCUT2D eigenvalue weighted by molar-refractivity contribution is 0.0753. The summed E-state index contributed by atoms with van der Waals surface area (Å²) < 4.78 is 0. The molecule has 0 spiro atoms. The molecule has 0 aromatic heterocycles. The summed E-state index contributed by atoms with van der Waals surface area (Å²) in [6, 6.07) is 0. The van der Waals surface area contributed by atoms with Crippen LogP contribution in [-0.4, -0.2) is 31.1 Å². The maximum Gasteiger partial charge on any atom is 0.00218 e. The second kappa shape index (κ2) is 6.75. The van der Waals surface area contributed by atoms with E-state index in [0.717, 1.165) is 24.3 Å². The van der Waals surface area contributed by atoms with Crippen molar-refractivity contribution in [3.8, 4) is 0 Å². The molecule has 1 aliphatic heterocycles. The van der Waals surface area contributed by atoms with Gasteiger partial charge in [0.25, 0.3) is 0 Å². The second-order valence-corrected chi connectivity index (χ2v) is 6.24. The van der Waals surface area contributed by atoms with Gasteiger partial charge in [-0.2, -0.15) is 0 Å². The molecule has 1 saturated carbocycles. The van der Waals surface area contributed by atoms with Crippen LogP contribution in [0.15, 0.2) is 0 Å². The van der Waals surface area contributed by atoms with E-state index in [2.05, 4.69) is 11.8 Å². The molecule has 3 atom stereocenters. The molecule has 2 nitrogen and oxygen atoms in total. The number of fused-ring (bicyclic) bond motifs is 1. The van der Waals surface area contributed by atoms with Gasteiger partial charge in [0.2, 0.25) is 0 Å². The van der Waals surface area contributed by atoms with Crippen LogP contribution in [0.5, 0.6) is 0 Å². The van der Waals surface area contributed by atoms with Crippen molar-refractivity contribution in [2.45, 2.75) is 51.9 Å². The lowest BCUT2D eigenvalue weighted by Gasteiger charge is -2.42. The number of likely N-dealkylation sites (tertiary alicyclic amines) is 1. The average Bonchev–Trinajstić information content (AvgIpc) is 2.38. The Hall–Kier alpha value is -0.0800. The summed E-state index contributed by atoms with van der Waals surface area (Å²) in [4.78, 5) is 2.71. The minimum atomic E-state index is 0.736. The molecule has 2 heteroatoms. The van der Waals surface area contributed by atoms with Crippen molar-refractivity contribution in [1.29, 1.82) is 0 Å². The molecule has 0 aromatic rings. The molecule has 3 unspecified atom stereocenters. The molecule has 2 rings (SSSR count). The summed E-state index contributed by atoms with van der Waals surface area (Å²) in [5.41, 5.74) is 5.88. The first-order valence-electron chi connectivity index (χ1n) is 7.76. The van der Waals surface area contributed by atoms with Gasteiger partial charge in [0.1, 0.15) is 0 Å². The third kappa shape index (κ3) is 3.69. The predicted octanol–water partition coefficient (Wildman–Crippen LogP) is 2.87. The number of piperidine rings is 1. The zero-order valence-electron chi connectivity index (χ0n) is 11.5. The SMILES string of the molecule is CCCC(CN)CN1CCC2CCCCC2C1. The lowest BCUT2D eigenvalue weighted by Crippen LogP contribution is -2.44. The molecule has 0 amide bonds. The van der Waals surface area contributed by atoms with Gasteiger partial charge in [0, 0.05) is 13.1 Å². The molecule has 2 fully saturated rings. The predicted molar refractivity (Wildman–Crippen MR) is 74.0 cm³/mol. The summed E-state index contributed by atoms with van der Waals surface area (Å²) in [5.74, 6) is 2.81. The van der Waals surface area contributed by atoms with Crippen LogP contribution in [-0.2, 0) is 0 Å². The van der Waals surface area contributed by atoms with Gasteiger partial charge < -0.3 is 10.6 Å². The Morgan fingerprint density at radius 3 is 2.65 bits per heavy atom. The fraction of sp³-hybridized carbons (Fsp3) is 1.00. The van der Waals surface area contributed by atoms with Gasteiger partial charge >= 0.3 is 0 Å². The van der Waals surface area contributed by atoms with E-state index >= 15 is 0 Å². The molecule has 1 aliphatic carbocycles. The monoisotopic (exact) mass is 238 g/mol.